The summed E-state index contributed by atoms with van der Waals surface area (Å²) >= 11 is 2.73. The molecule has 0 bridgehead atoms. The molecule has 5 rings (SSSR count). The molecule has 0 saturated carbocycles. The molecule has 0 unspecified atom stereocenters. The maximum atomic E-state index is 13.0. The number of thiophene rings is 1. The second kappa shape index (κ2) is 9.88. The summed E-state index contributed by atoms with van der Waals surface area (Å²) in [5, 5.41) is 10.7. The maximum absolute atomic E-state index is 13.0. The molecule has 35 heavy (non-hydrogen) atoms. The van der Waals surface area contributed by atoms with Gasteiger partial charge in [-0.2, -0.15) is 5.26 Å². The molecule has 0 atom stereocenters. The molecular formula is C28H27N3O2S2. The number of amides is 2. The number of carbonyl (C=O) groups excluding carboxylic acids is 2. The zero-order valence-corrected chi connectivity index (χ0v) is 21.6. The predicted molar refractivity (Wildman–Crippen MR) is 142 cm³/mol. The molecule has 1 fully saturated rings. The molecule has 3 aromatic rings. The first-order valence-corrected chi connectivity index (χ1v) is 13.6. The van der Waals surface area contributed by atoms with Crippen molar-refractivity contribution < 1.29 is 9.59 Å². The van der Waals surface area contributed by atoms with Crippen LogP contribution in [0.1, 0.15) is 57.8 Å². The van der Waals surface area contributed by atoms with Crippen molar-refractivity contribution >= 4 is 40.3 Å². The van der Waals surface area contributed by atoms with Gasteiger partial charge in [-0.05, 0) is 93.0 Å². The van der Waals surface area contributed by atoms with E-state index in [9.17, 15) is 14.9 Å². The van der Waals surface area contributed by atoms with Crippen molar-refractivity contribution in [1.82, 2.24) is 9.47 Å². The summed E-state index contributed by atoms with van der Waals surface area (Å²) in [5.74, 6) is -0.220. The molecule has 2 aliphatic rings. The molecule has 0 N–H and O–H groups in total. The predicted octanol–water partition coefficient (Wildman–Crippen LogP) is 6.58. The second-order valence-electron chi connectivity index (χ2n) is 9.09. The molecule has 2 aromatic heterocycles. The minimum absolute atomic E-state index is 0.208. The number of benzene rings is 1. The molecular weight excluding hydrogens is 474 g/mol. The fourth-order valence-electron chi connectivity index (χ4n) is 4.99. The standard InChI is InChI=1S/C28H27N3O2S2/c1-18-15-21(19(2)31(18)27-23(17-29)22-12-6-7-13-24(22)34-27)16-25-26(32)30(28(33)35-25)14-8-11-20-9-4-3-5-10-20/h3-5,9-10,15-16H,6-8,11-14H2,1-2H3/b25-16+. The number of carbonyl (C=O) groups is 2. The lowest BCUT2D eigenvalue weighted by atomic mass is 9.96. The van der Waals surface area contributed by atoms with Crippen molar-refractivity contribution in [3.05, 3.63) is 79.8 Å². The summed E-state index contributed by atoms with van der Waals surface area (Å²) in [6, 6.07) is 14.6. The van der Waals surface area contributed by atoms with Crippen molar-refractivity contribution in [2.75, 3.05) is 6.54 Å². The highest BCUT2D eigenvalue weighted by Crippen LogP contribution is 2.39. The number of aromatic nitrogens is 1. The van der Waals surface area contributed by atoms with E-state index in [2.05, 4.69) is 22.8 Å². The van der Waals surface area contributed by atoms with Crippen molar-refractivity contribution in [2.45, 2.75) is 52.4 Å². The van der Waals surface area contributed by atoms with Gasteiger partial charge in [-0.25, -0.2) is 0 Å². The Labute approximate surface area is 214 Å². The maximum Gasteiger partial charge on any atom is 0.293 e. The Kier molecular flexibility index (Phi) is 6.68. The van der Waals surface area contributed by atoms with Gasteiger partial charge in [-0.1, -0.05) is 30.3 Å². The van der Waals surface area contributed by atoms with Crippen LogP contribution in [0.5, 0.6) is 0 Å². The zero-order valence-electron chi connectivity index (χ0n) is 20.0. The molecule has 1 aliphatic heterocycles. The normalized spacial score (nSPS) is 16.7. The zero-order chi connectivity index (χ0) is 24.5. The highest BCUT2D eigenvalue weighted by molar-refractivity contribution is 8.18. The van der Waals surface area contributed by atoms with E-state index in [0.29, 0.717) is 11.4 Å². The van der Waals surface area contributed by atoms with E-state index in [0.717, 1.165) is 71.4 Å². The van der Waals surface area contributed by atoms with Crippen molar-refractivity contribution in [3.8, 4) is 11.1 Å². The van der Waals surface area contributed by atoms with E-state index < -0.39 is 0 Å². The van der Waals surface area contributed by atoms with E-state index in [1.165, 1.54) is 27.3 Å². The summed E-state index contributed by atoms with van der Waals surface area (Å²) in [6.07, 6.45) is 7.72. The lowest BCUT2D eigenvalue weighted by Crippen LogP contribution is -2.29. The number of nitrogens with zero attached hydrogens (tertiary/aromatic N) is 3. The number of nitriles is 1. The third-order valence-electron chi connectivity index (χ3n) is 6.79. The average Bonchev–Trinajstić information content (AvgIpc) is 3.45. The van der Waals surface area contributed by atoms with Crippen LogP contribution in [0.4, 0.5) is 4.79 Å². The van der Waals surface area contributed by atoms with E-state index in [-0.39, 0.29) is 11.1 Å². The third kappa shape index (κ3) is 4.49. The monoisotopic (exact) mass is 501 g/mol. The topological polar surface area (TPSA) is 66.1 Å². The molecule has 178 valence electrons. The van der Waals surface area contributed by atoms with Gasteiger partial charge in [0.1, 0.15) is 11.1 Å². The summed E-state index contributed by atoms with van der Waals surface area (Å²) in [5.41, 5.74) is 6.11. The Bertz CT molecular complexity index is 1380. The van der Waals surface area contributed by atoms with Crippen LogP contribution in [0.25, 0.3) is 11.1 Å². The van der Waals surface area contributed by atoms with Crippen molar-refractivity contribution in [1.29, 1.82) is 5.26 Å². The first kappa shape index (κ1) is 23.7. The van der Waals surface area contributed by atoms with Crippen LogP contribution in [-0.4, -0.2) is 27.2 Å². The molecule has 0 radical (unpaired) electrons. The van der Waals surface area contributed by atoms with E-state index in [1.54, 1.807) is 11.3 Å². The average molecular weight is 502 g/mol. The van der Waals surface area contributed by atoms with Gasteiger partial charge in [-0.15, -0.1) is 11.3 Å². The van der Waals surface area contributed by atoms with Crippen LogP contribution in [0.15, 0.2) is 41.3 Å². The van der Waals surface area contributed by atoms with E-state index in [4.69, 9.17) is 0 Å². The summed E-state index contributed by atoms with van der Waals surface area (Å²) in [4.78, 5) is 28.8. The number of hydrogen-bond acceptors (Lipinski definition) is 5. The minimum atomic E-state index is -0.220. The van der Waals surface area contributed by atoms with Gasteiger partial charge in [0, 0.05) is 22.8 Å². The van der Waals surface area contributed by atoms with Crippen LogP contribution in [0.2, 0.25) is 0 Å². The number of aryl methyl sites for hydroxylation is 3. The Morgan fingerprint density at radius 3 is 2.66 bits per heavy atom. The van der Waals surface area contributed by atoms with Crippen LogP contribution in [0.3, 0.4) is 0 Å². The number of imide groups is 1. The second-order valence-corrected chi connectivity index (χ2v) is 11.2. The van der Waals surface area contributed by atoms with E-state index >= 15 is 0 Å². The number of hydrogen-bond donors (Lipinski definition) is 0. The fourth-order valence-corrected chi connectivity index (χ4v) is 7.30. The third-order valence-corrected chi connectivity index (χ3v) is 8.97. The SMILES string of the molecule is Cc1cc(/C=C2/SC(=O)N(CCCc3ccccc3)C2=O)c(C)n1-c1sc2c(c1C#N)CCCC2. The Hall–Kier alpha value is -3.08. The molecule has 7 heteroatoms. The van der Waals surface area contributed by atoms with Gasteiger partial charge in [0.05, 0.1) is 10.5 Å². The smallest absolute Gasteiger partial charge is 0.293 e. The number of rotatable bonds is 6. The lowest BCUT2D eigenvalue weighted by molar-refractivity contribution is -0.122. The van der Waals surface area contributed by atoms with E-state index in [1.807, 2.05) is 44.2 Å². The summed E-state index contributed by atoms with van der Waals surface area (Å²) in [7, 11) is 0. The first-order chi connectivity index (χ1) is 17.0. The van der Waals surface area contributed by atoms with Gasteiger partial charge >= 0.3 is 0 Å². The van der Waals surface area contributed by atoms with Gasteiger partial charge < -0.3 is 4.57 Å². The highest BCUT2D eigenvalue weighted by Gasteiger charge is 2.35. The number of fused-ring (bicyclic) bond motifs is 1. The molecule has 1 aliphatic carbocycles. The molecule has 1 saturated heterocycles. The largest absolute Gasteiger partial charge is 0.308 e. The Balaban J connectivity index is 1.38. The quantitative estimate of drug-likeness (QED) is 0.358. The Morgan fingerprint density at radius 2 is 1.89 bits per heavy atom. The molecule has 5 nitrogen and oxygen atoms in total. The minimum Gasteiger partial charge on any atom is -0.308 e. The van der Waals surface area contributed by atoms with Crippen LogP contribution < -0.4 is 0 Å². The van der Waals surface area contributed by atoms with Gasteiger partial charge in [0.2, 0.25) is 0 Å². The lowest BCUT2D eigenvalue weighted by Gasteiger charge is -2.12. The highest BCUT2D eigenvalue weighted by atomic mass is 32.2. The Morgan fingerprint density at radius 1 is 1.11 bits per heavy atom. The van der Waals surface area contributed by atoms with Crippen molar-refractivity contribution in [2.24, 2.45) is 0 Å². The molecule has 3 heterocycles. The van der Waals surface area contributed by atoms with Crippen LogP contribution in [0, 0.1) is 25.2 Å². The van der Waals surface area contributed by atoms with Gasteiger partial charge in [0.15, 0.2) is 0 Å². The molecule has 0 spiro atoms. The molecule has 2 amide bonds. The summed E-state index contributed by atoms with van der Waals surface area (Å²) < 4.78 is 2.14. The van der Waals surface area contributed by atoms with Crippen molar-refractivity contribution in [3.63, 3.8) is 0 Å². The fraction of sp³-hybridized carbons (Fsp3) is 0.321. The first-order valence-electron chi connectivity index (χ1n) is 12.0. The molecule has 1 aromatic carbocycles. The van der Waals surface area contributed by atoms with Crippen LogP contribution in [-0.2, 0) is 24.1 Å². The summed E-state index contributed by atoms with van der Waals surface area (Å²) in [6.45, 7) is 4.46. The van der Waals surface area contributed by atoms with Gasteiger partial charge in [0.25, 0.3) is 11.1 Å². The number of thioether (sulfide) groups is 1. The van der Waals surface area contributed by atoms with Gasteiger partial charge in [-0.3, -0.25) is 14.5 Å². The van der Waals surface area contributed by atoms with Crippen LogP contribution >= 0.6 is 23.1 Å².